The molecule has 2 aromatic heterocycles. The van der Waals surface area contributed by atoms with Gasteiger partial charge in [-0.3, -0.25) is 4.79 Å². The van der Waals surface area contributed by atoms with Crippen molar-refractivity contribution in [1.29, 1.82) is 0 Å². The Morgan fingerprint density at radius 2 is 2.26 bits per heavy atom. The standard InChI is InChI=1S/C11H11F2N3O2S/c1-6-5-15-8(18-6)7(2)16-9(17)11(12,13)10-14-3-4-19-10/h3-5,7H,1-2H3,(H,16,17). The van der Waals surface area contributed by atoms with Gasteiger partial charge in [-0.2, -0.15) is 8.78 Å². The second-order valence-corrected chi connectivity index (χ2v) is 4.81. The van der Waals surface area contributed by atoms with E-state index in [4.69, 9.17) is 4.42 Å². The molecule has 1 unspecified atom stereocenters. The lowest BCUT2D eigenvalue weighted by molar-refractivity contribution is -0.147. The molecule has 0 aliphatic heterocycles. The van der Waals surface area contributed by atoms with Crippen molar-refractivity contribution in [1.82, 2.24) is 15.3 Å². The first-order chi connectivity index (χ1) is 8.91. The fraction of sp³-hybridized carbons (Fsp3) is 0.364. The summed E-state index contributed by atoms with van der Waals surface area (Å²) in [6, 6.07) is -0.743. The SMILES string of the molecule is Cc1cnc(C(C)NC(=O)C(F)(F)c2nccs2)o1. The largest absolute Gasteiger partial charge is 0.444 e. The van der Waals surface area contributed by atoms with Crippen molar-refractivity contribution in [2.75, 3.05) is 0 Å². The Kier molecular flexibility index (Phi) is 3.61. The molecular weight excluding hydrogens is 276 g/mol. The molecule has 102 valence electrons. The first-order valence-corrected chi connectivity index (χ1v) is 6.30. The highest BCUT2D eigenvalue weighted by Gasteiger charge is 2.44. The van der Waals surface area contributed by atoms with Crippen LogP contribution in [0, 0.1) is 6.92 Å². The summed E-state index contributed by atoms with van der Waals surface area (Å²) in [6.07, 6.45) is 2.68. The molecule has 19 heavy (non-hydrogen) atoms. The molecule has 1 amide bonds. The van der Waals surface area contributed by atoms with E-state index in [1.165, 1.54) is 24.7 Å². The van der Waals surface area contributed by atoms with Gasteiger partial charge in [-0.15, -0.1) is 11.3 Å². The second-order valence-electron chi connectivity index (χ2n) is 3.92. The smallest absolute Gasteiger partial charge is 0.375 e. The molecular formula is C11H11F2N3O2S. The van der Waals surface area contributed by atoms with Gasteiger partial charge in [0.15, 0.2) is 5.01 Å². The molecule has 0 saturated carbocycles. The predicted octanol–water partition coefficient (Wildman–Crippen LogP) is 2.41. The maximum absolute atomic E-state index is 13.7. The van der Waals surface area contributed by atoms with Crippen LogP contribution in [0.15, 0.2) is 22.2 Å². The van der Waals surface area contributed by atoms with E-state index in [1.54, 1.807) is 6.92 Å². The van der Waals surface area contributed by atoms with Crippen LogP contribution in [0.4, 0.5) is 8.78 Å². The Labute approximate surface area is 111 Å². The van der Waals surface area contributed by atoms with Crippen molar-refractivity contribution in [3.05, 3.63) is 34.4 Å². The summed E-state index contributed by atoms with van der Waals surface area (Å²) in [5.74, 6) is -4.36. The Morgan fingerprint density at radius 1 is 1.53 bits per heavy atom. The molecule has 8 heteroatoms. The maximum Gasteiger partial charge on any atom is 0.375 e. The molecule has 0 saturated heterocycles. The zero-order chi connectivity index (χ0) is 14.0. The van der Waals surface area contributed by atoms with Crippen LogP contribution in [0.1, 0.15) is 29.6 Å². The molecule has 0 aliphatic carbocycles. The Morgan fingerprint density at radius 3 is 2.79 bits per heavy atom. The van der Waals surface area contributed by atoms with E-state index >= 15 is 0 Å². The van der Waals surface area contributed by atoms with E-state index in [9.17, 15) is 13.6 Å². The monoisotopic (exact) mass is 287 g/mol. The number of rotatable bonds is 4. The minimum atomic E-state index is -3.66. The van der Waals surface area contributed by atoms with Crippen molar-refractivity contribution in [3.8, 4) is 0 Å². The minimum Gasteiger partial charge on any atom is -0.444 e. The number of nitrogens with zero attached hydrogens (tertiary/aromatic N) is 2. The molecule has 0 bridgehead atoms. The lowest BCUT2D eigenvalue weighted by atomic mass is 10.2. The number of hydrogen-bond donors (Lipinski definition) is 1. The summed E-state index contributed by atoms with van der Waals surface area (Å²) >= 11 is 0.724. The summed E-state index contributed by atoms with van der Waals surface area (Å²) < 4.78 is 32.7. The highest BCUT2D eigenvalue weighted by Crippen LogP contribution is 2.30. The number of amides is 1. The van der Waals surface area contributed by atoms with Crippen molar-refractivity contribution < 1.29 is 18.0 Å². The number of halogens is 2. The van der Waals surface area contributed by atoms with Crippen molar-refractivity contribution in [2.45, 2.75) is 25.8 Å². The third-order valence-corrected chi connectivity index (χ3v) is 3.19. The quantitative estimate of drug-likeness (QED) is 0.937. The molecule has 0 spiro atoms. The number of nitrogens with one attached hydrogen (secondary N) is 1. The van der Waals surface area contributed by atoms with Gasteiger partial charge in [-0.05, 0) is 13.8 Å². The second kappa shape index (κ2) is 5.04. The molecule has 2 heterocycles. The van der Waals surface area contributed by atoms with Gasteiger partial charge in [0.25, 0.3) is 5.91 Å². The number of carbonyl (C=O) groups is 1. The number of aryl methyl sites for hydroxylation is 1. The van der Waals surface area contributed by atoms with E-state index < -0.39 is 22.9 Å². The normalized spacial score (nSPS) is 13.3. The topological polar surface area (TPSA) is 68.0 Å². The van der Waals surface area contributed by atoms with Crippen LogP contribution >= 0.6 is 11.3 Å². The summed E-state index contributed by atoms with van der Waals surface area (Å²) in [6.45, 7) is 3.19. The lowest BCUT2D eigenvalue weighted by Gasteiger charge is -2.16. The van der Waals surface area contributed by atoms with Crippen molar-refractivity contribution >= 4 is 17.2 Å². The van der Waals surface area contributed by atoms with Gasteiger partial charge in [0.05, 0.1) is 6.20 Å². The summed E-state index contributed by atoms with van der Waals surface area (Å²) in [5.41, 5.74) is 0. The molecule has 5 nitrogen and oxygen atoms in total. The molecule has 0 aliphatic rings. The summed E-state index contributed by atoms with van der Waals surface area (Å²) in [4.78, 5) is 18.9. The molecule has 0 fully saturated rings. The van der Waals surface area contributed by atoms with E-state index in [0.717, 1.165) is 11.3 Å². The van der Waals surface area contributed by atoms with Gasteiger partial charge in [0, 0.05) is 11.6 Å². The molecule has 0 radical (unpaired) electrons. The number of hydrogen-bond acceptors (Lipinski definition) is 5. The molecule has 1 atom stereocenters. The molecule has 2 aromatic rings. The van der Waals surface area contributed by atoms with Gasteiger partial charge in [-0.1, -0.05) is 0 Å². The maximum atomic E-state index is 13.7. The fourth-order valence-electron chi connectivity index (χ4n) is 1.40. The van der Waals surface area contributed by atoms with E-state index in [-0.39, 0.29) is 5.89 Å². The lowest BCUT2D eigenvalue weighted by Crippen LogP contribution is -2.39. The van der Waals surface area contributed by atoms with E-state index in [1.807, 2.05) is 0 Å². The highest BCUT2D eigenvalue weighted by atomic mass is 32.1. The van der Waals surface area contributed by atoms with Crippen molar-refractivity contribution in [3.63, 3.8) is 0 Å². The number of alkyl halides is 2. The Hall–Kier alpha value is -1.83. The fourth-order valence-corrected chi connectivity index (χ4v) is 2.01. The predicted molar refractivity (Wildman–Crippen MR) is 63.8 cm³/mol. The van der Waals surface area contributed by atoms with E-state index in [2.05, 4.69) is 15.3 Å². The minimum absolute atomic E-state index is 0.181. The first-order valence-electron chi connectivity index (χ1n) is 5.42. The average molecular weight is 287 g/mol. The summed E-state index contributed by atoms with van der Waals surface area (Å²) in [7, 11) is 0. The molecule has 2 rings (SSSR count). The van der Waals surface area contributed by atoms with Gasteiger partial charge >= 0.3 is 5.92 Å². The third kappa shape index (κ3) is 2.78. The Bertz CT molecular complexity index is 568. The van der Waals surface area contributed by atoms with Crippen LogP contribution in [0.3, 0.4) is 0 Å². The van der Waals surface area contributed by atoms with Crippen LogP contribution in [-0.4, -0.2) is 15.9 Å². The van der Waals surface area contributed by atoms with Crippen LogP contribution in [0.2, 0.25) is 0 Å². The molecule has 1 N–H and O–H groups in total. The first kappa shape index (κ1) is 13.6. The van der Waals surface area contributed by atoms with Crippen LogP contribution in [0.5, 0.6) is 0 Å². The van der Waals surface area contributed by atoms with Crippen molar-refractivity contribution in [2.24, 2.45) is 0 Å². The number of thiazole rings is 1. The van der Waals surface area contributed by atoms with Gasteiger partial charge < -0.3 is 9.73 Å². The van der Waals surface area contributed by atoms with Gasteiger partial charge in [0.2, 0.25) is 5.89 Å². The number of aromatic nitrogens is 2. The average Bonchev–Trinajstić information content (AvgIpc) is 2.99. The highest BCUT2D eigenvalue weighted by molar-refractivity contribution is 7.09. The summed E-state index contributed by atoms with van der Waals surface area (Å²) in [5, 5.41) is 3.00. The van der Waals surface area contributed by atoms with Gasteiger partial charge in [-0.25, -0.2) is 9.97 Å². The van der Waals surface area contributed by atoms with Crippen LogP contribution < -0.4 is 5.32 Å². The number of oxazole rings is 1. The van der Waals surface area contributed by atoms with Crippen LogP contribution in [0.25, 0.3) is 0 Å². The Balaban J connectivity index is 2.09. The zero-order valence-electron chi connectivity index (χ0n) is 10.2. The third-order valence-electron chi connectivity index (χ3n) is 2.34. The van der Waals surface area contributed by atoms with Gasteiger partial charge in [0.1, 0.15) is 11.8 Å². The van der Waals surface area contributed by atoms with E-state index in [0.29, 0.717) is 5.76 Å². The molecule has 0 aromatic carbocycles. The number of carbonyl (C=O) groups excluding carboxylic acids is 1. The zero-order valence-corrected chi connectivity index (χ0v) is 11.0. The van der Waals surface area contributed by atoms with Crippen LogP contribution in [-0.2, 0) is 10.7 Å².